The molecule has 0 spiro atoms. The van der Waals surface area contributed by atoms with E-state index in [2.05, 4.69) is 10.3 Å². The van der Waals surface area contributed by atoms with Gasteiger partial charge in [-0.3, -0.25) is 0 Å². The lowest BCUT2D eigenvalue weighted by Crippen LogP contribution is -1.96. The number of nitrogen functional groups attached to an aromatic ring is 1. The van der Waals surface area contributed by atoms with Gasteiger partial charge in [-0.05, 0) is 31.2 Å². The van der Waals surface area contributed by atoms with Gasteiger partial charge < -0.3 is 10.5 Å². The second kappa shape index (κ2) is 4.48. The fourth-order valence-corrected chi connectivity index (χ4v) is 2.01. The Morgan fingerprint density at radius 3 is 2.85 bits per heavy atom. The average molecular weight is 272 g/mol. The first-order valence-electron chi connectivity index (χ1n) is 6.08. The van der Waals surface area contributed by atoms with E-state index in [0.29, 0.717) is 17.1 Å². The van der Waals surface area contributed by atoms with E-state index in [9.17, 15) is 4.39 Å². The molecule has 102 valence electrons. The summed E-state index contributed by atoms with van der Waals surface area (Å²) in [4.78, 5) is 0. The van der Waals surface area contributed by atoms with Gasteiger partial charge in [0.2, 0.25) is 0 Å². The van der Waals surface area contributed by atoms with Gasteiger partial charge in [0, 0.05) is 18.7 Å². The Morgan fingerprint density at radius 2 is 2.05 bits per heavy atom. The molecule has 0 saturated heterocycles. The summed E-state index contributed by atoms with van der Waals surface area (Å²) in [6.45, 7) is 1.63. The van der Waals surface area contributed by atoms with Crippen LogP contribution in [0, 0.1) is 12.7 Å². The summed E-state index contributed by atoms with van der Waals surface area (Å²) in [6.07, 6.45) is 0. The van der Waals surface area contributed by atoms with Crippen LogP contribution in [0.1, 0.15) is 5.56 Å². The highest BCUT2D eigenvalue weighted by Crippen LogP contribution is 2.30. The fraction of sp³-hybridized carbons (Fsp3) is 0.143. The molecule has 0 aliphatic heterocycles. The fourth-order valence-electron chi connectivity index (χ4n) is 2.01. The lowest BCUT2D eigenvalue weighted by atomic mass is 10.2. The highest BCUT2D eigenvalue weighted by Gasteiger charge is 2.10. The van der Waals surface area contributed by atoms with Crippen LogP contribution in [0.3, 0.4) is 0 Å². The van der Waals surface area contributed by atoms with Crippen LogP contribution in [-0.2, 0) is 7.05 Å². The second-order valence-electron chi connectivity index (χ2n) is 4.56. The van der Waals surface area contributed by atoms with E-state index in [4.69, 9.17) is 10.5 Å². The average Bonchev–Trinajstić information content (AvgIpc) is 2.81. The van der Waals surface area contributed by atoms with Crippen molar-refractivity contribution in [1.29, 1.82) is 0 Å². The van der Waals surface area contributed by atoms with Crippen molar-refractivity contribution in [1.82, 2.24) is 15.0 Å². The molecule has 2 N–H and O–H groups in total. The number of nitrogens with zero attached hydrogens (tertiary/aromatic N) is 3. The molecule has 5 nitrogen and oxygen atoms in total. The van der Waals surface area contributed by atoms with Crippen molar-refractivity contribution in [2.24, 2.45) is 7.05 Å². The van der Waals surface area contributed by atoms with E-state index in [1.165, 1.54) is 6.07 Å². The molecule has 0 unspecified atom stereocenters. The van der Waals surface area contributed by atoms with Gasteiger partial charge >= 0.3 is 0 Å². The van der Waals surface area contributed by atoms with Gasteiger partial charge in [0.15, 0.2) is 5.82 Å². The highest BCUT2D eigenvalue weighted by atomic mass is 19.1. The van der Waals surface area contributed by atoms with Crippen molar-refractivity contribution in [2.75, 3.05) is 5.73 Å². The number of aromatic nitrogens is 3. The van der Waals surface area contributed by atoms with Gasteiger partial charge in [-0.25, -0.2) is 9.07 Å². The third-order valence-electron chi connectivity index (χ3n) is 3.18. The summed E-state index contributed by atoms with van der Waals surface area (Å²) < 4.78 is 21.1. The summed E-state index contributed by atoms with van der Waals surface area (Å²) in [5, 5.41) is 7.94. The standard InChI is InChI=1S/C14H13FN4O/c1-8-13(6-4-10(16)14(8)15)20-9-3-5-12-11(7-9)17-18-19(12)2/h3-7H,16H2,1-2H3. The molecule has 1 aromatic heterocycles. The molecule has 3 aromatic rings. The molecule has 0 saturated carbocycles. The molecular formula is C14H13FN4O. The molecule has 0 bridgehead atoms. The largest absolute Gasteiger partial charge is 0.457 e. The van der Waals surface area contributed by atoms with Crippen molar-refractivity contribution in [3.8, 4) is 11.5 Å². The number of rotatable bonds is 2. The lowest BCUT2D eigenvalue weighted by Gasteiger charge is -2.10. The number of benzene rings is 2. The Labute approximate surface area is 114 Å². The first-order chi connectivity index (χ1) is 9.56. The molecule has 0 radical (unpaired) electrons. The Bertz CT molecular complexity index is 797. The van der Waals surface area contributed by atoms with Gasteiger partial charge in [0.1, 0.15) is 17.0 Å². The third kappa shape index (κ3) is 1.95. The minimum atomic E-state index is -0.455. The molecule has 3 rings (SSSR count). The van der Waals surface area contributed by atoms with Crippen LogP contribution in [0.25, 0.3) is 11.0 Å². The normalized spacial score (nSPS) is 10.9. The van der Waals surface area contributed by atoms with Crippen LogP contribution in [0.5, 0.6) is 11.5 Å². The van der Waals surface area contributed by atoms with E-state index < -0.39 is 5.82 Å². The van der Waals surface area contributed by atoms with Gasteiger partial charge in [0.05, 0.1) is 11.2 Å². The van der Waals surface area contributed by atoms with Gasteiger partial charge in [0.25, 0.3) is 0 Å². The maximum Gasteiger partial charge on any atom is 0.152 e. The lowest BCUT2D eigenvalue weighted by molar-refractivity contribution is 0.472. The topological polar surface area (TPSA) is 66.0 Å². The van der Waals surface area contributed by atoms with E-state index in [0.717, 1.165) is 11.0 Å². The van der Waals surface area contributed by atoms with Crippen LogP contribution in [-0.4, -0.2) is 15.0 Å². The minimum Gasteiger partial charge on any atom is -0.457 e. The van der Waals surface area contributed by atoms with Crippen molar-refractivity contribution < 1.29 is 9.13 Å². The van der Waals surface area contributed by atoms with Crippen molar-refractivity contribution in [2.45, 2.75) is 6.92 Å². The molecule has 0 aliphatic carbocycles. The van der Waals surface area contributed by atoms with E-state index in [1.807, 2.05) is 13.1 Å². The Hall–Kier alpha value is -2.63. The number of aryl methyl sites for hydroxylation is 1. The number of hydrogen-bond donors (Lipinski definition) is 1. The maximum absolute atomic E-state index is 13.7. The van der Waals surface area contributed by atoms with E-state index in [-0.39, 0.29) is 5.69 Å². The molecule has 1 heterocycles. The Kier molecular flexibility index (Phi) is 2.78. The summed E-state index contributed by atoms with van der Waals surface area (Å²) in [5.41, 5.74) is 7.62. The molecular weight excluding hydrogens is 259 g/mol. The van der Waals surface area contributed by atoms with Crippen LogP contribution >= 0.6 is 0 Å². The maximum atomic E-state index is 13.7. The monoisotopic (exact) mass is 272 g/mol. The summed E-state index contributed by atoms with van der Waals surface area (Å²) in [6, 6.07) is 8.54. The molecule has 20 heavy (non-hydrogen) atoms. The third-order valence-corrected chi connectivity index (χ3v) is 3.18. The molecule has 0 amide bonds. The molecule has 0 atom stereocenters. The molecule has 2 aromatic carbocycles. The van der Waals surface area contributed by atoms with Crippen molar-refractivity contribution >= 4 is 16.7 Å². The van der Waals surface area contributed by atoms with E-state index >= 15 is 0 Å². The smallest absolute Gasteiger partial charge is 0.152 e. The van der Waals surface area contributed by atoms with Crippen LogP contribution in [0.4, 0.5) is 10.1 Å². The summed E-state index contributed by atoms with van der Waals surface area (Å²) in [7, 11) is 1.81. The van der Waals surface area contributed by atoms with Crippen LogP contribution < -0.4 is 10.5 Å². The van der Waals surface area contributed by atoms with Gasteiger partial charge in [-0.2, -0.15) is 0 Å². The van der Waals surface area contributed by atoms with Crippen molar-refractivity contribution in [3.05, 3.63) is 41.7 Å². The molecule has 0 aliphatic rings. The quantitative estimate of drug-likeness (QED) is 0.728. The molecule has 6 heteroatoms. The zero-order chi connectivity index (χ0) is 14.3. The van der Waals surface area contributed by atoms with Gasteiger partial charge in [-0.15, -0.1) is 5.10 Å². The minimum absolute atomic E-state index is 0.110. The second-order valence-corrected chi connectivity index (χ2v) is 4.56. The number of nitrogens with two attached hydrogens (primary N) is 1. The molecule has 0 fully saturated rings. The zero-order valence-corrected chi connectivity index (χ0v) is 11.1. The SMILES string of the molecule is Cc1c(Oc2ccc3c(c2)nnn3C)ccc(N)c1F. The highest BCUT2D eigenvalue weighted by molar-refractivity contribution is 5.76. The summed E-state index contributed by atoms with van der Waals surface area (Å²) in [5.74, 6) is 0.549. The number of halogens is 1. The first kappa shape index (κ1) is 12.4. The van der Waals surface area contributed by atoms with Crippen molar-refractivity contribution in [3.63, 3.8) is 0 Å². The number of hydrogen-bond acceptors (Lipinski definition) is 4. The Balaban J connectivity index is 1.99. The number of fused-ring (bicyclic) bond motifs is 1. The van der Waals surface area contributed by atoms with Crippen LogP contribution in [0.15, 0.2) is 30.3 Å². The summed E-state index contributed by atoms with van der Waals surface area (Å²) >= 11 is 0. The van der Waals surface area contributed by atoms with Crippen LogP contribution in [0.2, 0.25) is 0 Å². The first-order valence-corrected chi connectivity index (χ1v) is 6.08. The zero-order valence-electron chi connectivity index (χ0n) is 11.1. The predicted molar refractivity (Wildman–Crippen MR) is 74.1 cm³/mol. The number of ether oxygens (including phenoxy) is 1. The van der Waals surface area contributed by atoms with Gasteiger partial charge in [-0.1, -0.05) is 5.21 Å². The predicted octanol–water partition coefficient (Wildman–Crippen LogP) is 2.79. The number of anilines is 1. The van der Waals surface area contributed by atoms with E-state index in [1.54, 1.807) is 29.8 Å². The Morgan fingerprint density at radius 1 is 1.25 bits per heavy atom.